The predicted molar refractivity (Wildman–Crippen MR) is 56.5 cm³/mol. The molecule has 0 aliphatic heterocycles. The van der Waals surface area contributed by atoms with Gasteiger partial charge in [0, 0.05) is 6.54 Å². The van der Waals surface area contributed by atoms with Gasteiger partial charge in [0.25, 0.3) is 0 Å². The fourth-order valence-corrected chi connectivity index (χ4v) is 1.05. The van der Waals surface area contributed by atoms with Crippen molar-refractivity contribution in [3.8, 4) is 0 Å². The molecule has 12 heavy (non-hydrogen) atoms. The van der Waals surface area contributed by atoms with Crippen molar-refractivity contribution in [1.29, 1.82) is 0 Å². The molecule has 0 bridgehead atoms. The average molecular weight is 171 g/mol. The first-order chi connectivity index (χ1) is 5.62. The Morgan fingerprint density at radius 2 is 1.75 bits per heavy atom. The Morgan fingerprint density at radius 3 is 2.25 bits per heavy atom. The molecule has 0 spiro atoms. The summed E-state index contributed by atoms with van der Waals surface area (Å²) in [6.07, 6.45) is 5.27. The lowest BCUT2D eigenvalue weighted by molar-refractivity contribution is 0.327. The highest BCUT2D eigenvalue weighted by Crippen LogP contribution is 2.17. The van der Waals surface area contributed by atoms with Gasteiger partial charge in [0.15, 0.2) is 0 Å². The van der Waals surface area contributed by atoms with E-state index in [1.165, 1.54) is 32.2 Å². The SMILES string of the molecule is CCCCCNCC(C)(C)CC. The zero-order valence-electron chi connectivity index (χ0n) is 9.24. The first-order valence-electron chi connectivity index (χ1n) is 5.33. The summed E-state index contributed by atoms with van der Waals surface area (Å²) in [7, 11) is 0. The van der Waals surface area contributed by atoms with Crippen LogP contribution in [-0.4, -0.2) is 13.1 Å². The van der Waals surface area contributed by atoms with Crippen molar-refractivity contribution >= 4 is 0 Å². The minimum Gasteiger partial charge on any atom is -0.316 e. The van der Waals surface area contributed by atoms with Crippen molar-refractivity contribution in [1.82, 2.24) is 5.32 Å². The highest BCUT2D eigenvalue weighted by Gasteiger charge is 2.13. The van der Waals surface area contributed by atoms with E-state index in [2.05, 4.69) is 33.0 Å². The molecular weight excluding hydrogens is 146 g/mol. The van der Waals surface area contributed by atoms with Crippen LogP contribution in [0.25, 0.3) is 0 Å². The predicted octanol–water partition coefficient (Wildman–Crippen LogP) is 3.20. The summed E-state index contributed by atoms with van der Waals surface area (Å²) in [4.78, 5) is 0. The summed E-state index contributed by atoms with van der Waals surface area (Å²) in [5.41, 5.74) is 0.478. The summed E-state index contributed by atoms with van der Waals surface area (Å²) in [6, 6.07) is 0. The van der Waals surface area contributed by atoms with Crippen LogP contribution in [0.5, 0.6) is 0 Å². The van der Waals surface area contributed by atoms with Crippen molar-refractivity contribution in [3.05, 3.63) is 0 Å². The van der Waals surface area contributed by atoms with Gasteiger partial charge in [-0.3, -0.25) is 0 Å². The second-order valence-electron chi connectivity index (χ2n) is 4.40. The molecule has 74 valence electrons. The van der Waals surface area contributed by atoms with Crippen molar-refractivity contribution < 1.29 is 0 Å². The molecule has 0 aliphatic carbocycles. The van der Waals surface area contributed by atoms with E-state index in [1.807, 2.05) is 0 Å². The Labute approximate surface area is 77.9 Å². The molecule has 0 heterocycles. The largest absolute Gasteiger partial charge is 0.316 e. The first-order valence-corrected chi connectivity index (χ1v) is 5.33. The van der Waals surface area contributed by atoms with Crippen LogP contribution >= 0.6 is 0 Å². The molecule has 1 N–H and O–H groups in total. The maximum Gasteiger partial charge on any atom is 0.000241 e. The molecule has 0 fully saturated rings. The van der Waals surface area contributed by atoms with E-state index < -0.39 is 0 Å². The maximum atomic E-state index is 3.51. The molecule has 0 aromatic heterocycles. The van der Waals surface area contributed by atoms with Crippen LogP contribution in [0.2, 0.25) is 0 Å². The van der Waals surface area contributed by atoms with Crippen LogP contribution in [0.3, 0.4) is 0 Å². The number of hydrogen-bond acceptors (Lipinski definition) is 1. The standard InChI is InChI=1S/C11H25N/c1-5-7-8-9-12-10-11(3,4)6-2/h12H,5-10H2,1-4H3. The Kier molecular flexibility index (Phi) is 6.45. The Bertz CT molecular complexity index is 97.2. The van der Waals surface area contributed by atoms with Crippen molar-refractivity contribution in [3.63, 3.8) is 0 Å². The van der Waals surface area contributed by atoms with E-state index in [-0.39, 0.29) is 0 Å². The van der Waals surface area contributed by atoms with Crippen molar-refractivity contribution in [2.75, 3.05) is 13.1 Å². The number of rotatable bonds is 7. The quantitative estimate of drug-likeness (QED) is 0.580. The normalized spacial score (nSPS) is 12.0. The van der Waals surface area contributed by atoms with Gasteiger partial charge in [-0.15, -0.1) is 0 Å². The number of unbranched alkanes of at least 4 members (excludes halogenated alkanes) is 2. The molecule has 0 aliphatic rings. The molecule has 0 amide bonds. The summed E-state index contributed by atoms with van der Waals surface area (Å²) in [5.74, 6) is 0. The molecule has 0 saturated carbocycles. The van der Waals surface area contributed by atoms with E-state index in [4.69, 9.17) is 0 Å². The topological polar surface area (TPSA) is 12.0 Å². The van der Waals surface area contributed by atoms with E-state index in [0.29, 0.717) is 5.41 Å². The zero-order valence-corrected chi connectivity index (χ0v) is 9.24. The molecule has 0 radical (unpaired) electrons. The highest BCUT2D eigenvalue weighted by molar-refractivity contribution is 4.68. The molecular formula is C11H25N. The smallest absolute Gasteiger partial charge is 0.000241 e. The fourth-order valence-electron chi connectivity index (χ4n) is 1.05. The van der Waals surface area contributed by atoms with Crippen LogP contribution < -0.4 is 5.32 Å². The summed E-state index contributed by atoms with van der Waals surface area (Å²) < 4.78 is 0. The van der Waals surface area contributed by atoms with Crippen LogP contribution in [-0.2, 0) is 0 Å². The van der Waals surface area contributed by atoms with Crippen molar-refractivity contribution in [2.24, 2.45) is 5.41 Å². The molecule has 1 nitrogen and oxygen atoms in total. The number of hydrogen-bond donors (Lipinski definition) is 1. The van der Waals surface area contributed by atoms with Crippen LogP contribution in [0.1, 0.15) is 53.4 Å². The molecule has 0 aromatic rings. The van der Waals surface area contributed by atoms with Crippen molar-refractivity contribution in [2.45, 2.75) is 53.4 Å². The van der Waals surface area contributed by atoms with E-state index in [0.717, 1.165) is 6.54 Å². The van der Waals surface area contributed by atoms with Crippen LogP contribution in [0, 0.1) is 5.41 Å². The molecule has 1 heteroatoms. The second kappa shape index (κ2) is 6.47. The molecule has 0 saturated heterocycles. The Hall–Kier alpha value is -0.0400. The lowest BCUT2D eigenvalue weighted by Crippen LogP contribution is -2.29. The maximum absolute atomic E-state index is 3.51. The molecule has 0 atom stereocenters. The Balaban J connectivity index is 3.19. The lowest BCUT2D eigenvalue weighted by Gasteiger charge is -2.22. The fraction of sp³-hybridized carbons (Fsp3) is 1.00. The average Bonchev–Trinajstić information content (AvgIpc) is 2.04. The third kappa shape index (κ3) is 6.66. The first kappa shape index (κ1) is 12.0. The van der Waals surface area contributed by atoms with Crippen LogP contribution in [0.4, 0.5) is 0 Å². The number of nitrogens with one attached hydrogen (secondary N) is 1. The van der Waals surface area contributed by atoms with Crippen LogP contribution in [0.15, 0.2) is 0 Å². The molecule has 0 unspecified atom stereocenters. The van der Waals surface area contributed by atoms with Gasteiger partial charge in [0.05, 0.1) is 0 Å². The minimum atomic E-state index is 0.478. The summed E-state index contributed by atoms with van der Waals surface area (Å²) >= 11 is 0. The van der Waals surface area contributed by atoms with Gasteiger partial charge in [-0.2, -0.15) is 0 Å². The van der Waals surface area contributed by atoms with Gasteiger partial charge in [-0.25, -0.2) is 0 Å². The molecule has 0 aromatic carbocycles. The van der Waals surface area contributed by atoms with E-state index in [1.54, 1.807) is 0 Å². The summed E-state index contributed by atoms with van der Waals surface area (Å²) in [5, 5.41) is 3.51. The van der Waals surface area contributed by atoms with Gasteiger partial charge in [-0.05, 0) is 24.8 Å². The van der Waals surface area contributed by atoms with Gasteiger partial charge in [0.1, 0.15) is 0 Å². The van der Waals surface area contributed by atoms with E-state index in [9.17, 15) is 0 Å². The second-order valence-corrected chi connectivity index (χ2v) is 4.40. The molecule has 0 rings (SSSR count). The van der Waals surface area contributed by atoms with E-state index >= 15 is 0 Å². The third-order valence-electron chi connectivity index (χ3n) is 2.52. The monoisotopic (exact) mass is 171 g/mol. The third-order valence-corrected chi connectivity index (χ3v) is 2.52. The zero-order chi connectivity index (χ0) is 9.45. The highest BCUT2D eigenvalue weighted by atomic mass is 14.9. The summed E-state index contributed by atoms with van der Waals surface area (Å²) in [6.45, 7) is 11.5. The minimum absolute atomic E-state index is 0.478. The van der Waals surface area contributed by atoms with Gasteiger partial charge in [0.2, 0.25) is 0 Å². The van der Waals surface area contributed by atoms with Gasteiger partial charge >= 0.3 is 0 Å². The Morgan fingerprint density at radius 1 is 1.08 bits per heavy atom. The van der Waals surface area contributed by atoms with Gasteiger partial charge < -0.3 is 5.32 Å². The lowest BCUT2D eigenvalue weighted by atomic mass is 9.90. The van der Waals surface area contributed by atoms with Gasteiger partial charge in [-0.1, -0.05) is 40.5 Å².